The van der Waals surface area contributed by atoms with Crippen LogP contribution in [-0.2, 0) is 4.79 Å². The molecule has 0 saturated carbocycles. The lowest BCUT2D eigenvalue weighted by Crippen LogP contribution is -2.44. The molecule has 1 rings (SSSR count). The van der Waals surface area contributed by atoms with Gasteiger partial charge in [0.2, 0.25) is 0 Å². The third-order valence-corrected chi connectivity index (χ3v) is 4.81. The van der Waals surface area contributed by atoms with Crippen LogP contribution in [0.15, 0.2) is 0 Å². The molecule has 0 aromatic rings. The van der Waals surface area contributed by atoms with Crippen molar-refractivity contribution in [3.8, 4) is 0 Å². The molecule has 0 bridgehead atoms. The largest absolute Gasteiger partial charge is 0.481 e. The van der Waals surface area contributed by atoms with Gasteiger partial charge < -0.3 is 15.3 Å². The van der Waals surface area contributed by atoms with E-state index in [1.807, 2.05) is 6.92 Å². The fraction of sp³-hybridized carbons (Fsp3) is 0.867. The van der Waals surface area contributed by atoms with Crippen LogP contribution in [0.25, 0.3) is 0 Å². The van der Waals surface area contributed by atoms with Gasteiger partial charge in [-0.2, -0.15) is 0 Å². The summed E-state index contributed by atoms with van der Waals surface area (Å²) in [5.41, 5.74) is -0.612. The molecule has 0 spiro atoms. The van der Waals surface area contributed by atoms with E-state index in [0.717, 1.165) is 0 Å². The van der Waals surface area contributed by atoms with Crippen LogP contribution in [0.1, 0.15) is 47.5 Å². The predicted octanol–water partition coefficient (Wildman–Crippen LogP) is 2.56. The number of carbonyl (C=O) groups excluding carboxylic acids is 1. The summed E-state index contributed by atoms with van der Waals surface area (Å²) in [6.07, 6.45) is 1.10. The number of hydrogen-bond acceptors (Lipinski definition) is 2. The maximum absolute atomic E-state index is 12.1. The zero-order valence-corrected chi connectivity index (χ0v) is 13.3. The SMILES string of the molecule is CCC1(C(=O)O)CCN(C(=O)NCC(C)C(C)(C)C)C1. The number of carboxylic acid groups (broad SMARTS) is 1. The van der Waals surface area contributed by atoms with Crippen molar-refractivity contribution in [3.05, 3.63) is 0 Å². The number of urea groups is 1. The number of nitrogens with zero attached hydrogens (tertiary/aromatic N) is 1. The average Bonchev–Trinajstić information content (AvgIpc) is 2.80. The van der Waals surface area contributed by atoms with E-state index in [0.29, 0.717) is 38.4 Å². The molecule has 1 fully saturated rings. The van der Waals surface area contributed by atoms with Crippen LogP contribution < -0.4 is 5.32 Å². The van der Waals surface area contributed by atoms with E-state index in [4.69, 9.17) is 0 Å². The molecule has 116 valence electrons. The summed E-state index contributed by atoms with van der Waals surface area (Å²) in [5.74, 6) is -0.428. The minimum Gasteiger partial charge on any atom is -0.481 e. The molecule has 2 N–H and O–H groups in total. The van der Waals surface area contributed by atoms with Gasteiger partial charge in [-0.1, -0.05) is 34.6 Å². The monoisotopic (exact) mass is 284 g/mol. The van der Waals surface area contributed by atoms with Crippen LogP contribution in [0, 0.1) is 16.7 Å². The Morgan fingerprint density at radius 1 is 1.40 bits per heavy atom. The van der Waals surface area contributed by atoms with Crippen LogP contribution in [-0.4, -0.2) is 41.6 Å². The lowest BCUT2D eigenvalue weighted by molar-refractivity contribution is -0.148. The fourth-order valence-electron chi connectivity index (χ4n) is 2.32. The number of likely N-dealkylation sites (tertiary alicyclic amines) is 1. The number of carboxylic acids is 1. The van der Waals surface area contributed by atoms with E-state index in [9.17, 15) is 14.7 Å². The third kappa shape index (κ3) is 3.64. The molecule has 2 amide bonds. The molecule has 0 aliphatic carbocycles. The maximum Gasteiger partial charge on any atom is 0.317 e. The highest BCUT2D eigenvalue weighted by molar-refractivity contribution is 5.79. The summed E-state index contributed by atoms with van der Waals surface area (Å²) >= 11 is 0. The minimum atomic E-state index is -0.793. The Morgan fingerprint density at radius 2 is 2.00 bits per heavy atom. The van der Waals surface area contributed by atoms with Gasteiger partial charge in [0.25, 0.3) is 0 Å². The van der Waals surface area contributed by atoms with Crippen molar-refractivity contribution in [1.82, 2.24) is 10.2 Å². The van der Waals surface area contributed by atoms with Gasteiger partial charge in [0.15, 0.2) is 0 Å². The highest BCUT2D eigenvalue weighted by Gasteiger charge is 2.44. The Morgan fingerprint density at radius 3 is 2.40 bits per heavy atom. The van der Waals surface area contributed by atoms with Crippen LogP contribution in [0.5, 0.6) is 0 Å². The summed E-state index contributed by atoms with van der Waals surface area (Å²) in [6.45, 7) is 11.9. The summed E-state index contributed by atoms with van der Waals surface area (Å²) in [6, 6.07) is -0.141. The van der Waals surface area contributed by atoms with Gasteiger partial charge >= 0.3 is 12.0 Å². The molecule has 0 aromatic heterocycles. The molecule has 1 saturated heterocycles. The zero-order chi connectivity index (χ0) is 15.6. The third-order valence-electron chi connectivity index (χ3n) is 4.81. The Hall–Kier alpha value is -1.26. The van der Waals surface area contributed by atoms with E-state index in [1.165, 1.54) is 0 Å². The van der Waals surface area contributed by atoms with E-state index in [2.05, 4.69) is 33.0 Å². The van der Waals surface area contributed by atoms with Gasteiger partial charge in [0.1, 0.15) is 0 Å². The van der Waals surface area contributed by atoms with Crippen LogP contribution in [0.4, 0.5) is 4.79 Å². The lowest BCUT2D eigenvalue weighted by atomic mass is 9.82. The molecule has 1 heterocycles. The summed E-state index contributed by atoms with van der Waals surface area (Å²) < 4.78 is 0. The molecule has 1 aliphatic heterocycles. The summed E-state index contributed by atoms with van der Waals surface area (Å²) in [4.78, 5) is 25.1. The number of rotatable bonds is 4. The number of amides is 2. The first-order chi connectivity index (χ1) is 9.12. The van der Waals surface area contributed by atoms with Crippen LogP contribution in [0.3, 0.4) is 0 Å². The van der Waals surface area contributed by atoms with Gasteiger partial charge in [0, 0.05) is 19.6 Å². The first-order valence-corrected chi connectivity index (χ1v) is 7.38. The molecule has 0 radical (unpaired) electrons. The van der Waals surface area contributed by atoms with Crippen LogP contribution >= 0.6 is 0 Å². The Kier molecular flexibility index (Phi) is 5.05. The fourth-order valence-corrected chi connectivity index (χ4v) is 2.32. The molecular weight excluding hydrogens is 256 g/mol. The summed E-state index contributed by atoms with van der Waals surface area (Å²) in [7, 11) is 0. The maximum atomic E-state index is 12.1. The van der Waals surface area contributed by atoms with Crippen molar-refractivity contribution < 1.29 is 14.7 Å². The highest BCUT2D eigenvalue weighted by Crippen LogP contribution is 2.34. The second kappa shape index (κ2) is 6.02. The quantitative estimate of drug-likeness (QED) is 0.833. The second-order valence-corrected chi connectivity index (χ2v) is 7.06. The highest BCUT2D eigenvalue weighted by atomic mass is 16.4. The van der Waals surface area contributed by atoms with E-state index in [1.54, 1.807) is 4.90 Å². The number of hydrogen-bond donors (Lipinski definition) is 2. The van der Waals surface area contributed by atoms with Crippen molar-refractivity contribution in [3.63, 3.8) is 0 Å². The average molecular weight is 284 g/mol. The molecule has 1 aliphatic rings. The summed E-state index contributed by atoms with van der Waals surface area (Å²) in [5, 5.41) is 12.3. The first-order valence-electron chi connectivity index (χ1n) is 7.38. The minimum absolute atomic E-state index is 0.141. The van der Waals surface area contributed by atoms with Gasteiger partial charge in [-0.05, 0) is 24.2 Å². The lowest BCUT2D eigenvalue weighted by Gasteiger charge is -2.28. The molecule has 5 heteroatoms. The Balaban J connectivity index is 2.53. The number of carbonyl (C=O) groups is 2. The second-order valence-electron chi connectivity index (χ2n) is 7.06. The van der Waals surface area contributed by atoms with Gasteiger partial charge in [-0.25, -0.2) is 4.79 Å². The number of aliphatic carboxylic acids is 1. The molecular formula is C15H28N2O3. The van der Waals surface area contributed by atoms with Gasteiger partial charge in [-0.15, -0.1) is 0 Å². The molecule has 20 heavy (non-hydrogen) atoms. The van der Waals surface area contributed by atoms with Crippen molar-refractivity contribution >= 4 is 12.0 Å². The van der Waals surface area contributed by atoms with Crippen LogP contribution in [0.2, 0.25) is 0 Å². The van der Waals surface area contributed by atoms with E-state index < -0.39 is 11.4 Å². The van der Waals surface area contributed by atoms with Gasteiger partial charge in [-0.3, -0.25) is 4.79 Å². The molecule has 2 unspecified atom stereocenters. The van der Waals surface area contributed by atoms with Gasteiger partial charge in [0.05, 0.1) is 5.41 Å². The molecule has 5 nitrogen and oxygen atoms in total. The predicted molar refractivity (Wildman–Crippen MR) is 78.6 cm³/mol. The van der Waals surface area contributed by atoms with Crippen molar-refractivity contribution in [1.29, 1.82) is 0 Å². The number of nitrogens with one attached hydrogen (secondary N) is 1. The normalized spacial score (nSPS) is 24.6. The van der Waals surface area contributed by atoms with Crippen molar-refractivity contribution in [2.75, 3.05) is 19.6 Å². The molecule has 2 atom stereocenters. The first kappa shape index (κ1) is 16.8. The zero-order valence-electron chi connectivity index (χ0n) is 13.3. The Bertz CT molecular complexity index is 376. The van der Waals surface area contributed by atoms with E-state index >= 15 is 0 Å². The molecule has 0 aromatic carbocycles. The topological polar surface area (TPSA) is 69.6 Å². The Labute approximate surface area is 121 Å². The smallest absolute Gasteiger partial charge is 0.317 e. The van der Waals surface area contributed by atoms with E-state index in [-0.39, 0.29) is 11.4 Å². The van der Waals surface area contributed by atoms with Crippen molar-refractivity contribution in [2.45, 2.75) is 47.5 Å². The standard InChI is InChI=1S/C15H28N2O3/c1-6-15(12(18)19)7-8-17(10-15)13(20)16-9-11(2)14(3,4)5/h11H,6-10H2,1-5H3,(H,16,20)(H,18,19). The van der Waals surface area contributed by atoms with Crippen molar-refractivity contribution in [2.24, 2.45) is 16.7 Å².